The number of benzene rings is 1. The lowest BCUT2D eigenvalue weighted by Crippen LogP contribution is -2.36. The number of halogens is 2. The standard InChI is InChI=1S/C17H19Cl2NO2/c18-15-5-3-13(12-16(15)19)17-6-4-14(22-17)2-1-7-20-8-10-21-11-9-20/h3-6,12H,1-2,7-11H2. The quantitative estimate of drug-likeness (QED) is 0.800. The second-order valence-electron chi connectivity index (χ2n) is 5.45. The first-order valence-electron chi connectivity index (χ1n) is 7.56. The van der Waals surface area contributed by atoms with Crippen molar-refractivity contribution in [1.82, 2.24) is 4.90 Å². The summed E-state index contributed by atoms with van der Waals surface area (Å²) >= 11 is 12.0. The molecule has 118 valence electrons. The van der Waals surface area contributed by atoms with Gasteiger partial charge in [0.2, 0.25) is 0 Å². The maximum Gasteiger partial charge on any atom is 0.134 e. The lowest BCUT2D eigenvalue weighted by molar-refractivity contribution is 0.0373. The first-order valence-corrected chi connectivity index (χ1v) is 8.32. The van der Waals surface area contributed by atoms with Crippen LogP contribution in [0.4, 0.5) is 0 Å². The normalized spacial score (nSPS) is 16.1. The number of morpholine rings is 1. The summed E-state index contributed by atoms with van der Waals surface area (Å²) in [6.07, 6.45) is 2.03. The van der Waals surface area contributed by atoms with E-state index in [0.29, 0.717) is 10.0 Å². The summed E-state index contributed by atoms with van der Waals surface area (Å²) in [5.41, 5.74) is 0.953. The van der Waals surface area contributed by atoms with E-state index in [9.17, 15) is 0 Å². The molecular weight excluding hydrogens is 321 g/mol. The maximum absolute atomic E-state index is 6.05. The first kappa shape index (κ1) is 15.9. The lowest BCUT2D eigenvalue weighted by atomic mass is 10.2. The number of ether oxygens (including phenoxy) is 1. The third-order valence-electron chi connectivity index (χ3n) is 3.87. The fraction of sp³-hybridized carbons (Fsp3) is 0.412. The third-order valence-corrected chi connectivity index (χ3v) is 4.61. The van der Waals surface area contributed by atoms with Gasteiger partial charge >= 0.3 is 0 Å². The molecule has 3 nitrogen and oxygen atoms in total. The second-order valence-corrected chi connectivity index (χ2v) is 6.27. The number of nitrogens with zero attached hydrogens (tertiary/aromatic N) is 1. The number of hydrogen-bond acceptors (Lipinski definition) is 3. The minimum Gasteiger partial charge on any atom is -0.461 e. The molecule has 1 aliphatic heterocycles. The molecule has 1 saturated heterocycles. The second kappa shape index (κ2) is 7.51. The molecule has 0 aliphatic carbocycles. The van der Waals surface area contributed by atoms with Crippen molar-refractivity contribution in [2.75, 3.05) is 32.8 Å². The Morgan fingerprint density at radius 3 is 2.59 bits per heavy atom. The number of rotatable bonds is 5. The summed E-state index contributed by atoms with van der Waals surface area (Å²) < 4.78 is 11.3. The highest BCUT2D eigenvalue weighted by atomic mass is 35.5. The zero-order chi connectivity index (χ0) is 15.4. The molecule has 1 aromatic carbocycles. The largest absolute Gasteiger partial charge is 0.461 e. The molecular formula is C17H19Cl2NO2. The Morgan fingerprint density at radius 2 is 1.82 bits per heavy atom. The molecule has 0 saturated carbocycles. The van der Waals surface area contributed by atoms with Gasteiger partial charge in [0, 0.05) is 25.1 Å². The van der Waals surface area contributed by atoms with Gasteiger partial charge < -0.3 is 9.15 Å². The summed E-state index contributed by atoms with van der Waals surface area (Å²) in [6, 6.07) is 9.57. The molecule has 0 spiro atoms. The van der Waals surface area contributed by atoms with E-state index in [2.05, 4.69) is 4.90 Å². The average molecular weight is 340 g/mol. The Hall–Kier alpha value is -1.00. The molecule has 0 radical (unpaired) electrons. The van der Waals surface area contributed by atoms with Gasteiger partial charge in [-0.3, -0.25) is 4.90 Å². The van der Waals surface area contributed by atoms with Gasteiger partial charge in [-0.05, 0) is 43.3 Å². The van der Waals surface area contributed by atoms with Gasteiger partial charge in [-0.25, -0.2) is 0 Å². The molecule has 3 rings (SSSR count). The zero-order valence-electron chi connectivity index (χ0n) is 12.4. The van der Waals surface area contributed by atoms with Crippen LogP contribution in [0.1, 0.15) is 12.2 Å². The van der Waals surface area contributed by atoms with Crippen molar-refractivity contribution in [1.29, 1.82) is 0 Å². The number of aryl methyl sites for hydroxylation is 1. The minimum atomic E-state index is 0.546. The van der Waals surface area contributed by atoms with Crippen molar-refractivity contribution in [3.8, 4) is 11.3 Å². The molecule has 1 aliphatic rings. The van der Waals surface area contributed by atoms with Crippen LogP contribution in [0.15, 0.2) is 34.7 Å². The summed E-state index contributed by atoms with van der Waals surface area (Å²) in [5.74, 6) is 1.84. The fourth-order valence-corrected chi connectivity index (χ4v) is 2.92. The van der Waals surface area contributed by atoms with E-state index in [1.54, 1.807) is 6.07 Å². The van der Waals surface area contributed by atoms with E-state index in [0.717, 1.165) is 62.8 Å². The highest BCUT2D eigenvalue weighted by Gasteiger charge is 2.11. The van der Waals surface area contributed by atoms with Crippen molar-refractivity contribution in [3.05, 3.63) is 46.1 Å². The first-order chi connectivity index (χ1) is 10.7. The van der Waals surface area contributed by atoms with Gasteiger partial charge in [-0.2, -0.15) is 0 Å². The van der Waals surface area contributed by atoms with Crippen molar-refractivity contribution in [2.24, 2.45) is 0 Å². The Bertz CT molecular complexity index is 621. The van der Waals surface area contributed by atoms with Crippen LogP contribution in [0.2, 0.25) is 10.0 Å². The minimum absolute atomic E-state index is 0.546. The van der Waals surface area contributed by atoms with Crippen molar-refractivity contribution in [3.63, 3.8) is 0 Å². The van der Waals surface area contributed by atoms with E-state index in [1.165, 1.54) is 0 Å². The van der Waals surface area contributed by atoms with E-state index >= 15 is 0 Å². The smallest absolute Gasteiger partial charge is 0.134 e. The summed E-state index contributed by atoms with van der Waals surface area (Å²) in [4.78, 5) is 2.44. The van der Waals surface area contributed by atoms with Crippen LogP contribution < -0.4 is 0 Å². The van der Waals surface area contributed by atoms with E-state index in [1.807, 2.05) is 24.3 Å². The molecule has 0 N–H and O–H groups in total. The SMILES string of the molecule is Clc1ccc(-c2ccc(CCCN3CCOCC3)o2)cc1Cl. The van der Waals surface area contributed by atoms with Crippen LogP contribution in [0.5, 0.6) is 0 Å². The van der Waals surface area contributed by atoms with Crippen LogP contribution in [0.25, 0.3) is 11.3 Å². The molecule has 2 heterocycles. The van der Waals surface area contributed by atoms with Crippen LogP contribution in [-0.4, -0.2) is 37.7 Å². The zero-order valence-corrected chi connectivity index (χ0v) is 13.9. The number of furan rings is 1. The summed E-state index contributed by atoms with van der Waals surface area (Å²) in [6.45, 7) is 4.86. The Labute approximate surface area is 140 Å². The van der Waals surface area contributed by atoms with E-state index in [4.69, 9.17) is 32.4 Å². The molecule has 0 atom stereocenters. The van der Waals surface area contributed by atoms with Gasteiger partial charge in [-0.1, -0.05) is 23.2 Å². The van der Waals surface area contributed by atoms with Crippen LogP contribution >= 0.6 is 23.2 Å². The Balaban J connectivity index is 1.55. The monoisotopic (exact) mass is 339 g/mol. The molecule has 0 amide bonds. The predicted octanol–water partition coefficient (Wildman–Crippen LogP) is 4.52. The van der Waals surface area contributed by atoms with Crippen molar-refractivity contribution in [2.45, 2.75) is 12.8 Å². The molecule has 0 bridgehead atoms. The predicted molar refractivity (Wildman–Crippen MR) is 89.7 cm³/mol. The topological polar surface area (TPSA) is 25.6 Å². The van der Waals surface area contributed by atoms with Gasteiger partial charge in [0.1, 0.15) is 11.5 Å². The number of hydrogen-bond donors (Lipinski definition) is 0. The van der Waals surface area contributed by atoms with E-state index in [-0.39, 0.29) is 0 Å². The molecule has 1 aromatic heterocycles. The molecule has 0 unspecified atom stereocenters. The average Bonchev–Trinajstić information content (AvgIpc) is 3.00. The molecule has 22 heavy (non-hydrogen) atoms. The molecule has 2 aromatic rings. The van der Waals surface area contributed by atoms with Crippen LogP contribution in [-0.2, 0) is 11.2 Å². The van der Waals surface area contributed by atoms with E-state index < -0.39 is 0 Å². The van der Waals surface area contributed by atoms with Gasteiger partial charge in [-0.15, -0.1) is 0 Å². The third kappa shape index (κ3) is 4.05. The Morgan fingerprint density at radius 1 is 1.00 bits per heavy atom. The summed E-state index contributed by atoms with van der Waals surface area (Å²) in [5, 5.41) is 1.10. The van der Waals surface area contributed by atoms with Crippen molar-refractivity contribution >= 4 is 23.2 Å². The Kier molecular flexibility index (Phi) is 5.42. The van der Waals surface area contributed by atoms with Gasteiger partial charge in [0.15, 0.2) is 0 Å². The van der Waals surface area contributed by atoms with Crippen LogP contribution in [0.3, 0.4) is 0 Å². The molecule has 5 heteroatoms. The van der Waals surface area contributed by atoms with Crippen molar-refractivity contribution < 1.29 is 9.15 Å². The van der Waals surface area contributed by atoms with Gasteiger partial charge in [0.05, 0.1) is 23.3 Å². The molecule has 1 fully saturated rings. The highest BCUT2D eigenvalue weighted by molar-refractivity contribution is 6.42. The maximum atomic E-state index is 6.05. The fourth-order valence-electron chi connectivity index (χ4n) is 2.62. The van der Waals surface area contributed by atoms with Crippen LogP contribution in [0, 0.1) is 0 Å². The highest BCUT2D eigenvalue weighted by Crippen LogP contribution is 2.29. The lowest BCUT2D eigenvalue weighted by Gasteiger charge is -2.26. The van der Waals surface area contributed by atoms with Gasteiger partial charge in [0.25, 0.3) is 0 Å². The summed E-state index contributed by atoms with van der Waals surface area (Å²) in [7, 11) is 0.